The molecule has 6 heteroatoms. The van der Waals surface area contributed by atoms with Gasteiger partial charge in [0.1, 0.15) is 11.6 Å². The highest BCUT2D eigenvalue weighted by Crippen LogP contribution is 2.34. The lowest BCUT2D eigenvalue weighted by Crippen LogP contribution is -2.27. The van der Waals surface area contributed by atoms with Gasteiger partial charge in [0, 0.05) is 6.07 Å². The number of nitrogens with one attached hydrogen (secondary N) is 1. The average molecular weight is 399 g/mol. The number of benzene rings is 2. The van der Waals surface area contributed by atoms with Gasteiger partial charge < -0.3 is 14.8 Å². The van der Waals surface area contributed by atoms with Crippen LogP contribution in [0, 0.1) is 11.3 Å². The Hall–Kier alpha value is -2.97. The quantitative estimate of drug-likeness (QED) is 0.506. The van der Waals surface area contributed by atoms with Crippen molar-refractivity contribution in [3.8, 4) is 17.6 Å². The second kappa shape index (κ2) is 10.4. The van der Waals surface area contributed by atoms with Crippen molar-refractivity contribution in [2.75, 3.05) is 13.2 Å². The van der Waals surface area contributed by atoms with Crippen LogP contribution in [0.2, 0.25) is 5.02 Å². The van der Waals surface area contributed by atoms with E-state index in [1.165, 1.54) is 6.08 Å². The molecule has 2 rings (SSSR count). The number of ether oxygens (including phenoxy) is 2. The molecule has 1 amide bonds. The van der Waals surface area contributed by atoms with Gasteiger partial charge in [-0.1, -0.05) is 41.9 Å². The molecule has 0 bridgehead atoms. The molecule has 146 valence electrons. The van der Waals surface area contributed by atoms with Crippen molar-refractivity contribution in [2.24, 2.45) is 0 Å². The summed E-state index contributed by atoms with van der Waals surface area (Å²) in [6, 6.07) is 14.5. The molecule has 0 unspecified atom stereocenters. The third kappa shape index (κ3) is 5.51. The Balaban J connectivity index is 2.29. The number of hydrogen-bond donors (Lipinski definition) is 1. The Morgan fingerprint density at radius 3 is 2.36 bits per heavy atom. The molecule has 0 fully saturated rings. The van der Waals surface area contributed by atoms with Gasteiger partial charge in [-0.2, -0.15) is 5.26 Å². The summed E-state index contributed by atoms with van der Waals surface area (Å²) in [4.78, 5) is 12.6. The first-order valence-electron chi connectivity index (χ1n) is 9.06. The third-order valence-electron chi connectivity index (χ3n) is 3.97. The van der Waals surface area contributed by atoms with Gasteiger partial charge in [0.25, 0.3) is 5.91 Å². The van der Waals surface area contributed by atoms with Gasteiger partial charge in [-0.3, -0.25) is 4.79 Å². The Morgan fingerprint density at radius 2 is 1.79 bits per heavy atom. The Kier molecular flexibility index (Phi) is 7.91. The summed E-state index contributed by atoms with van der Waals surface area (Å²) >= 11 is 6.32. The molecule has 0 aliphatic rings. The SMILES string of the molecule is CCOc1cc(Cl)c(/C=C(/C#N)C(=O)N[C@@H](C)c2ccccc2)cc1OCC. The fraction of sp³-hybridized carbons (Fsp3) is 0.273. The molecule has 2 aromatic rings. The first-order chi connectivity index (χ1) is 13.5. The van der Waals surface area contributed by atoms with E-state index in [2.05, 4.69) is 5.32 Å². The number of hydrogen-bond acceptors (Lipinski definition) is 4. The molecule has 0 aliphatic heterocycles. The molecular formula is C22H23ClN2O3. The van der Waals surface area contributed by atoms with E-state index in [0.29, 0.717) is 35.3 Å². The number of nitriles is 1. The summed E-state index contributed by atoms with van der Waals surface area (Å²) in [6.45, 7) is 6.50. The maximum atomic E-state index is 12.6. The Morgan fingerprint density at radius 1 is 1.18 bits per heavy atom. The number of nitrogens with zero attached hydrogens (tertiary/aromatic N) is 1. The van der Waals surface area contributed by atoms with Crippen LogP contribution in [0.1, 0.15) is 37.9 Å². The van der Waals surface area contributed by atoms with E-state index in [1.54, 1.807) is 12.1 Å². The second-order valence-corrected chi connectivity index (χ2v) is 6.37. The van der Waals surface area contributed by atoms with Gasteiger partial charge in [-0.05, 0) is 44.0 Å². The number of halogens is 1. The van der Waals surface area contributed by atoms with Gasteiger partial charge in [0.15, 0.2) is 11.5 Å². The lowest BCUT2D eigenvalue weighted by atomic mass is 10.1. The molecular weight excluding hydrogens is 376 g/mol. The van der Waals surface area contributed by atoms with Crippen LogP contribution in [0.15, 0.2) is 48.0 Å². The largest absolute Gasteiger partial charge is 0.490 e. The molecule has 0 saturated heterocycles. The van der Waals surface area contributed by atoms with E-state index in [9.17, 15) is 10.1 Å². The van der Waals surface area contributed by atoms with Crippen LogP contribution in [0.25, 0.3) is 6.08 Å². The van der Waals surface area contributed by atoms with Crippen LogP contribution in [0.4, 0.5) is 0 Å². The fourth-order valence-electron chi connectivity index (χ4n) is 2.60. The summed E-state index contributed by atoms with van der Waals surface area (Å²) in [7, 11) is 0. The van der Waals surface area contributed by atoms with E-state index in [-0.39, 0.29) is 11.6 Å². The van der Waals surface area contributed by atoms with Crippen molar-refractivity contribution in [3.05, 3.63) is 64.2 Å². The molecule has 0 spiro atoms. The summed E-state index contributed by atoms with van der Waals surface area (Å²) in [6.07, 6.45) is 1.45. The highest BCUT2D eigenvalue weighted by atomic mass is 35.5. The lowest BCUT2D eigenvalue weighted by Gasteiger charge is -2.14. The van der Waals surface area contributed by atoms with Crippen molar-refractivity contribution in [3.63, 3.8) is 0 Å². The minimum Gasteiger partial charge on any atom is -0.490 e. The molecule has 0 radical (unpaired) electrons. The predicted molar refractivity (Wildman–Crippen MR) is 110 cm³/mol. The predicted octanol–water partition coefficient (Wildman–Crippen LogP) is 4.92. The zero-order valence-corrected chi connectivity index (χ0v) is 16.9. The number of rotatable bonds is 8. The van der Waals surface area contributed by atoms with E-state index in [1.807, 2.05) is 57.2 Å². The zero-order valence-electron chi connectivity index (χ0n) is 16.2. The van der Waals surface area contributed by atoms with E-state index >= 15 is 0 Å². The molecule has 0 aromatic heterocycles. The van der Waals surface area contributed by atoms with Crippen LogP contribution in [0.3, 0.4) is 0 Å². The lowest BCUT2D eigenvalue weighted by molar-refractivity contribution is -0.117. The third-order valence-corrected chi connectivity index (χ3v) is 4.30. The topological polar surface area (TPSA) is 71.3 Å². The molecule has 1 atom stereocenters. The highest BCUT2D eigenvalue weighted by molar-refractivity contribution is 6.32. The maximum absolute atomic E-state index is 12.6. The monoisotopic (exact) mass is 398 g/mol. The Bertz CT molecular complexity index is 889. The van der Waals surface area contributed by atoms with Crippen molar-refractivity contribution in [1.29, 1.82) is 5.26 Å². The number of amides is 1. The van der Waals surface area contributed by atoms with Crippen molar-refractivity contribution >= 4 is 23.6 Å². The van der Waals surface area contributed by atoms with Crippen molar-refractivity contribution in [1.82, 2.24) is 5.32 Å². The van der Waals surface area contributed by atoms with E-state index < -0.39 is 5.91 Å². The first-order valence-corrected chi connectivity index (χ1v) is 9.44. The maximum Gasteiger partial charge on any atom is 0.262 e. The van der Waals surface area contributed by atoms with Crippen LogP contribution in [-0.4, -0.2) is 19.1 Å². The summed E-state index contributed by atoms with van der Waals surface area (Å²) in [5.41, 5.74) is 1.41. The van der Waals surface area contributed by atoms with Crippen LogP contribution < -0.4 is 14.8 Å². The smallest absolute Gasteiger partial charge is 0.262 e. The normalized spacial score (nSPS) is 12.0. The van der Waals surface area contributed by atoms with Crippen LogP contribution >= 0.6 is 11.6 Å². The van der Waals surface area contributed by atoms with Gasteiger partial charge in [-0.15, -0.1) is 0 Å². The molecule has 5 nitrogen and oxygen atoms in total. The standard InChI is InChI=1S/C22H23ClN2O3/c1-4-27-20-12-17(19(23)13-21(20)28-5-2)11-18(14-24)22(26)25-15(3)16-9-7-6-8-10-16/h6-13,15H,4-5H2,1-3H3,(H,25,26)/b18-11-/t15-/m0/s1. The van der Waals surface area contributed by atoms with Crippen LogP contribution in [0.5, 0.6) is 11.5 Å². The molecule has 28 heavy (non-hydrogen) atoms. The number of carbonyl (C=O) groups excluding carboxylic acids is 1. The second-order valence-electron chi connectivity index (χ2n) is 5.96. The summed E-state index contributed by atoms with van der Waals surface area (Å²) in [5, 5.41) is 12.7. The van der Waals surface area contributed by atoms with Crippen molar-refractivity contribution < 1.29 is 14.3 Å². The van der Waals surface area contributed by atoms with E-state index in [4.69, 9.17) is 21.1 Å². The molecule has 0 aliphatic carbocycles. The van der Waals surface area contributed by atoms with Gasteiger partial charge in [0.05, 0.1) is 24.3 Å². The van der Waals surface area contributed by atoms with Crippen molar-refractivity contribution in [2.45, 2.75) is 26.8 Å². The van der Waals surface area contributed by atoms with Gasteiger partial charge >= 0.3 is 0 Å². The summed E-state index contributed by atoms with van der Waals surface area (Å²) in [5.74, 6) is 0.560. The average Bonchev–Trinajstić information content (AvgIpc) is 2.69. The zero-order chi connectivity index (χ0) is 20.5. The molecule has 1 N–H and O–H groups in total. The Labute approximate surface area is 170 Å². The molecule has 0 heterocycles. The minimum atomic E-state index is -0.471. The molecule has 0 saturated carbocycles. The first kappa shape index (κ1) is 21.3. The number of carbonyl (C=O) groups is 1. The van der Waals surface area contributed by atoms with E-state index in [0.717, 1.165) is 5.56 Å². The van der Waals surface area contributed by atoms with Gasteiger partial charge in [0.2, 0.25) is 0 Å². The minimum absolute atomic E-state index is 0.0451. The summed E-state index contributed by atoms with van der Waals surface area (Å²) < 4.78 is 11.1. The van der Waals surface area contributed by atoms with Crippen LogP contribution in [-0.2, 0) is 4.79 Å². The highest BCUT2D eigenvalue weighted by Gasteiger charge is 2.16. The molecule has 2 aromatic carbocycles. The van der Waals surface area contributed by atoms with Gasteiger partial charge in [-0.25, -0.2) is 0 Å². The fourth-order valence-corrected chi connectivity index (χ4v) is 2.81.